The van der Waals surface area contributed by atoms with E-state index in [1.54, 1.807) is 13.8 Å². The van der Waals surface area contributed by atoms with Gasteiger partial charge in [-0.15, -0.1) is 6.42 Å². The maximum atomic E-state index is 13.2. The summed E-state index contributed by atoms with van der Waals surface area (Å²) in [5.74, 6) is 0.638. The van der Waals surface area contributed by atoms with Crippen LogP contribution in [0, 0.1) is 24.0 Å². The zero-order valence-electron chi connectivity index (χ0n) is 7.97. The molecule has 0 aliphatic carbocycles. The highest BCUT2D eigenvalue weighted by molar-refractivity contribution is 5.46. The van der Waals surface area contributed by atoms with Crippen LogP contribution in [-0.2, 0) is 0 Å². The Kier molecular flexibility index (Phi) is 3.08. The summed E-state index contributed by atoms with van der Waals surface area (Å²) in [6, 6.07) is 1.82. The molecule has 0 saturated heterocycles. The molecule has 1 aromatic carbocycles. The van der Waals surface area contributed by atoms with Gasteiger partial charge in [0, 0.05) is 6.07 Å². The first-order valence-corrected chi connectivity index (χ1v) is 4.17. The molecule has 0 fully saturated rings. The van der Waals surface area contributed by atoms with Crippen molar-refractivity contribution < 1.29 is 13.5 Å². The average molecular weight is 196 g/mol. The average Bonchev–Trinajstić information content (AvgIpc) is 2.08. The first kappa shape index (κ1) is 10.5. The van der Waals surface area contributed by atoms with Crippen molar-refractivity contribution in [2.45, 2.75) is 20.0 Å². The maximum Gasteiger partial charge on any atom is 0.171 e. The highest BCUT2D eigenvalue weighted by Gasteiger charge is 2.12. The van der Waals surface area contributed by atoms with Crippen molar-refractivity contribution in [2.24, 2.45) is 0 Å². The van der Waals surface area contributed by atoms with Crippen molar-refractivity contribution in [2.75, 3.05) is 0 Å². The van der Waals surface area contributed by atoms with E-state index in [0.29, 0.717) is 0 Å². The number of ether oxygens (including phenoxy) is 1. The minimum atomic E-state index is -0.772. The van der Waals surface area contributed by atoms with Gasteiger partial charge >= 0.3 is 0 Å². The third-order valence-electron chi connectivity index (χ3n) is 1.52. The van der Waals surface area contributed by atoms with E-state index in [0.717, 1.165) is 12.1 Å². The van der Waals surface area contributed by atoms with Crippen LogP contribution in [0.4, 0.5) is 8.78 Å². The Morgan fingerprint density at radius 1 is 1.36 bits per heavy atom. The molecule has 0 saturated carbocycles. The lowest BCUT2D eigenvalue weighted by molar-refractivity contribution is 0.230. The SMILES string of the molecule is C#Cc1cc(F)cc(F)c1OC(C)C. The Hall–Kier alpha value is -1.56. The van der Waals surface area contributed by atoms with Crippen molar-refractivity contribution in [3.8, 4) is 18.1 Å². The number of terminal acetylenes is 1. The topological polar surface area (TPSA) is 9.23 Å². The van der Waals surface area contributed by atoms with Crippen LogP contribution >= 0.6 is 0 Å². The van der Waals surface area contributed by atoms with E-state index in [2.05, 4.69) is 5.92 Å². The summed E-state index contributed by atoms with van der Waals surface area (Å²) in [5.41, 5.74) is 0.0937. The van der Waals surface area contributed by atoms with E-state index in [1.165, 1.54) is 0 Å². The first-order chi connectivity index (χ1) is 6.54. The minimum Gasteiger partial charge on any atom is -0.487 e. The Bertz CT molecular complexity index is 378. The summed E-state index contributed by atoms with van der Waals surface area (Å²) >= 11 is 0. The summed E-state index contributed by atoms with van der Waals surface area (Å²) in [6.07, 6.45) is 4.89. The van der Waals surface area contributed by atoms with E-state index >= 15 is 0 Å². The molecule has 0 bridgehead atoms. The van der Waals surface area contributed by atoms with Crippen molar-refractivity contribution >= 4 is 0 Å². The molecule has 0 unspecified atom stereocenters. The van der Waals surface area contributed by atoms with Gasteiger partial charge in [0.1, 0.15) is 5.82 Å². The molecule has 3 heteroatoms. The van der Waals surface area contributed by atoms with Gasteiger partial charge < -0.3 is 4.74 Å². The summed E-state index contributed by atoms with van der Waals surface area (Å²) in [7, 11) is 0. The van der Waals surface area contributed by atoms with E-state index < -0.39 is 11.6 Å². The molecule has 1 rings (SSSR count). The standard InChI is InChI=1S/C11H10F2O/c1-4-8-5-9(12)6-10(13)11(8)14-7(2)3/h1,5-7H,2-3H3. The fraction of sp³-hybridized carbons (Fsp3) is 0.273. The molecule has 0 spiro atoms. The maximum absolute atomic E-state index is 13.2. The number of benzene rings is 1. The van der Waals surface area contributed by atoms with Gasteiger partial charge in [-0.2, -0.15) is 0 Å². The van der Waals surface area contributed by atoms with Crippen LogP contribution in [0.1, 0.15) is 19.4 Å². The molecule has 0 radical (unpaired) electrons. The van der Waals surface area contributed by atoms with Gasteiger partial charge in [-0.3, -0.25) is 0 Å². The fourth-order valence-corrected chi connectivity index (χ4v) is 1.02. The molecule has 0 heterocycles. The molecular formula is C11H10F2O. The van der Waals surface area contributed by atoms with Gasteiger partial charge in [0.25, 0.3) is 0 Å². The Morgan fingerprint density at radius 3 is 2.50 bits per heavy atom. The lowest BCUT2D eigenvalue weighted by Crippen LogP contribution is -2.08. The van der Waals surface area contributed by atoms with Crippen LogP contribution in [-0.4, -0.2) is 6.10 Å². The van der Waals surface area contributed by atoms with Crippen LogP contribution in [0.3, 0.4) is 0 Å². The molecule has 74 valence electrons. The zero-order valence-corrected chi connectivity index (χ0v) is 7.97. The van der Waals surface area contributed by atoms with Gasteiger partial charge in [0.2, 0.25) is 0 Å². The van der Waals surface area contributed by atoms with Crippen molar-refractivity contribution in [3.05, 3.63) is 29.3 Å². The second-order valence-electron chi connectivity index (χ2n) is 3.08. The van der Waals surface area contributed by atoms with Gasteiger partial charge in [-0.1, -0.05) is 5.92 Å². The van der Waals surface area contributed by atoms with Crippen LogP contribution in [0.5, 0.6) is 5.75 Å². The lowest BCUT2D eigenvalue weighted by Gasteiger charge is -2.12. The van der Waals surface area contributed by atoms with Gasteiger partial charge in [-0.05, 0) is 19.9 Å². The van der Waals surface area contributed by atoms with Gasteiger partial charge in [0.15, 0.2) is 11.6 Å². The number of rotatable bonds is 2. The number of halogens is 2. The normalized spacial score (nSPS) is 10.0. The molecule has 0 amide bonds. The van der Waals surface area contributed by atoms with Crippen LogP contribution in [0.25, 0.3) is 0 Å². The molecule has 1 aromatic rings. The summed E-state index contributed by atoms with van der Waals surface area (Å²) in [6.45, 7) is 3.48. The van der Waals surface area contributed by atoms with Crippen LogP contribution in [0.2, 0.25) is 0 Å². The highest BCUT2D eigenvalue weighted by atomic mass is 19.1. The Morgan fingerprint density at radius 2 is 2.00 bits per heavy atom. The largest absolute Gasteiger partial charge is 0.487 e. The number of hydrogen-bond acceptors (Lipinski definition) is 1. The highest BCUT2D eigenvalue weighted by Crippen LogP contribution is 2.24. The smallest absolute Gasteiger partial charge is 0.171 e. The van der Waals surface area contributed by atoms with Gasteiger partial charge in [0.05, 0.1) is 11.7 Å². The zero-order chi connectivity index (χ0) is 10.7. The van der Waals surface area contributed by atoms with E-state index in [4.69, 9.17) is 11.2 Å². The second-order valence-corrected chi connectivity index (χ2v) is 3.08. The Labute approximate surface area is 81.7 Å². The monoisotopic (exact) mass is 196 g/mol. The summed E-state index contributed by atoms with van der Waals surface area (Å²) in [4.78, 5) is 0. The molecule has 1 nitrogen and oxygen atoms in total. The molecule has 0 atom stereocenters. The molecule has 0 aromatic heterocycles. The van der Waals surface area contributed by atoms with Crippen LogP contribution in [0.15, 0.2) is 12.1 Å². The summed E-state index contributed by atoms with van der Waals surface area (Å²) in [5, 5.41) is 0. The predicted octanol–water partition coefficient (Wildman–Crippen LogP) is 2.73. The van der Waals surface area contributed by atoms with E-state index in [9.17, 15) is 8.78 Å². The van der Waals surface area contributed by atoms with Crippen molar-refractivity contribution in [3.63, 3.8) is 0 Å². The van der Waals surface area contributed by atoms with E-state index in [1.807, 2.05) is 0 Å². The molecule has 0 aliphatic rings. The second kappa shape index (κ2) is 4.10. The quantitative estimate of drug-likeness (QED) is 0.661. The lowest BCUT2D eigenvalue weighted by atomic mass is 10.2. The third-order valence-corrected chi connectivity index (χ3v) is 1.52. The minimum absolute atomic E-state index is 0.0658. The molecule has 0 aliphatic heterocycles. The van der Waals surface area contributed by atoms with Crippen molar-refractivity contribution in [1.29, 1.82) is 0 Å². The van der Waals surface area contributed by atoms with Gasteiger partial charge in [-0.25, -0.2) is 8.78 Å². The third kappa shape index (κ3) is 2.23. The fourth-order valence-electron chi connectivity index (χ4n) is 1.02. The first-order valence-electron chi connectivity index (χ1n) is 4.17. The van der Waals surface area contributed by atoms with E-state index in [-0.39, 0.29) is 17.4 Å². The molecule has 0 N–H and O–H groups in total. The Balaban J connectivity index is 3.20. The van der Waals surface area contributed by atoms with Crippen molar-refractivity contribution in [1.82, 2.24) is 0 Å². The summed E-state index contributed by atoms with van der Waals surface area (Å²) < 4.78 is 31.1. The predicted molar refractivity (Wildman–Crippen MR) is 50.1 cm³/mol. The van der Waals surface area contributed by atoms with Crippen LogP contribution < -0.4 is 4.74 Å². The molecule has 14 heavy (non-hydrogen) atoms. The molecular weight excluding hydrogens is 186 g/mol. The number of hydrogen-bond donors (Lipinski definition) is 0.